The van der Waals surface area contributed by atoms with E-state index < -0.39 is 11.9 Å². The van der Waals surface area contributed by atoms with Crippen LogP contribution >= 0.6 is 31.9 Å². The van der Waals surface area contributed by atoms with Crippen molar-refractivity contribution in [2.75, 3.05) is 13.1 Å². The summed E-state index contributed by atoms with van der Waals surface area (Å²) in [7, 11) is 0. The third-order valence-electron chi connectivity index (χ3n) is 5.06. The first-order valence-electron chi connectivity index (χ1n) is 9.47. The first-order valence-corrected chi connectivity index (χ1v) is 11.1. The van der Waals surface area contributed by atoms with Crippen LogP contribution in [0.25, 0.3) is 16.9 Å². The quantitative estimate of drug-likeness (QED) is 0.399. The molecule has 1 saturated heterocycles. The van der Waals surface area contributed by atoms with Crippen LogP contribution in [-0.2, 0) is 6.18 Å². The van der Waals surface area contributed by atoms with Gasteiger partial charge in [-0.05, 0) is 47.0 Å². The maximum absolute atomic E-state index is 13.8. The second kappa shape index (κ2) is 8.30. The molecule has 1 aromatic carbocycles. The fraction of sp³-hybridized carbons (Fsp3) is 0.350. The molecule has 30 heavy (non-hydrogen) atoms. The minimum Gasteiger partial charge on any atom is -0.337 e. The number of alkyl halides is 3. The fourth-order valence-electron chi connectivity index (χ4n) is 3.52. The smallest absolute Gasteiger partial charge is 0.337 e. The molecule has 1 aliphatic heterocycles. The Morgan fingerprint density at radius 3 is 2.23 bits per heavy atom. The summed E-state index contributed by atoms with van der Waals surface area (Å²) in [6.45, 7) is 1.14. The number of hydrogen-bond acceptors (Lipinski definition) is 3. The molecule has 4 rings (SSSR count). The Bertz CT molecular complexity index is 1090. The van der Waals surface area contributed by atoms with Gasteiger partial charge in [0, 0.05) is 23.1 Å². The number of halogens is 5. The van der Waals surface area contributed by atoms with Crippen molar-refractivity contribution in [3.63, 3.8) is 0 Å². The van der Waals surface area contributed by atoms with Crippen LogP contribution in [0.4, 0.5) is 13.2 Å². The minimum absolute atomic E-state index is 0.0408. The lowest BCUT2D eigenvalue weighted by atomic mass is 10.1. The molecule has 10 heteroatoms. The average Bonchev–Trinajstić information content (AvgIpc) is 2.88. The SMILES string of the molecule is O=C(c1nn2c(C(F)(F)F)cc(-c3ccc(Br)cc3)nc2c1Br)N1CCCCCC1. The summed E-state index contributed by atoms with van der Waals surface area (Å²) in [6, 6.07) is 7.77. The van der Waals surface area contributed by atoms with E-state index in [0.717, 1.165) is 36.2 Å². The number of benzene rings is 1. The Morgan fingerprint density at radius 2 is 1.63 bits per heavy atom. The molecular weight excluding hydrogens is 529 g/mol. The summed E-state index contributed by atoms with van der Waals surface area (Å²) in [4.78, 5) is 19.0. The molecule has 0 aliphatic carbocycles. The van der Waals surface area contributed by atoms with E-state index in [0.29, 0.717) is 23.2 Å². The van der Waals surface area contributed by atoms with Crippen molar-refractivity contribution in [3.8, 4) is 11.3 Å². The largest absolute Gasteiger partial charge is 0.433 e. The van der Waals surface area contributed by atoms with Gasteiger partial charge in [-0.2, -0.15) is 18.3 Å². The average molecular weight is 546 g/mol. The lowest BCUT2D eigenvalue weighted by Crippen LogP contribution is -2.32. The molecule has 0 bridgehead atoms. The number of fused-ring (bicyclic) bond motifs is 1. The van der Waals surface area contributed by atoms with Gasteiger partial charge in [0.25, 0.3) is 5.91 Å². The van der Waals surface area contributed by atoms with E-state index >= 15 is 0 Å². The van der Waals surface area contributed by atoms with Crippen LogP contribution in [-0.4, -0.2) is 38.5 Å². The molecule has 5 nitrogen and oxygen atoms in total. The molecule has 3 aromatic rings. The zero-order chi connectivity index (χ0) is 21.5. The lowest BCUT2D eigenvalue weighted by Gasteiger charge is -2.18. The predicted octanol–water partition coefficient (Wildman–Crippen LogP) is 5.96. The first kappa shape index (κ1) is 21.3. The lowest BCUT2D eigenvalue weighted by molar-refractivity contribution is -0.142. The highest BCUT2D eigenvalue weighted by molar-refractivity contribution is 9.11. The van der Waals surface area contributed by atoms with Gasteiger partial charge in [0.15, 0.2) is 17.0 Å². The van der Waals surface area contributed by atoms with Crippen molar-refractivity contribution >= 4 is 43.4 Å². The van der Waals surface area contributed by atoms with Gasteiger partial charge in [-0.3, -0.25) is 4.79 Å². The molecule has 0 spiro atoms. The van der Waals surface area contributed by atoms with Gasteiger partial charge in [0.1, 0.15) is 0 Å². The van der Waals surface area contributed by atoms with Crippen LogP contribution in [0.5, 0.6) is 0 Å². The minimum atomic E-state index is -4.67. The number of aromatic nitrogens is 3. The second-order valence-electron chi connectivity index (χ2n) is 7.14. The predicted molar refractivity (Wildman–Crippen MR) is 113 cm³/mol. The Morgan fingerprint density at radius 1 is 1.00 bits per heavy atom. The summed E-state index contributed by atoms with van der Waals surface area (Å²) >= 11 is 6.60. The van der Waals surface area contributed by atoms with E-state index in [4.69, 9.17) is 0 Å². The number of rotatable bonds is 2. The van der Waals surface area contributed by atoms with Crippen LogP contribution in [0.15, 0.2) is 39.3 Å². The molecule has 1 aliphatic rings. The Labute approximate surface area is 187 Å². The van der Waals surface area contributed by atoms with Gasteiger partial charge in [0.05, 0.1) is 10.2 Å². The summed E-state index contributed by atoms with van der Waals surface area (Å²) in [5.41, 5.74) is -0.402. The molecule has 0 saturated carbocycles. The van der Waals surface area contributed by atoms with Gasteiger partial charge in [-0.25, -0.2) is 9.50 Å². The number of carbonyl (C=O) groups is 1. The molecule has 1 fully saturated rings. The van der Waals surface area contributed by atoms with E-state index in [2.05, 4.69) is 41.9 Å². The summed E-state index contributed by atoms with van der Waals surface area (Å²) in [5.74, 6) is -0.382. The third-order valence-corrected chi connectivity index (χ3v) is 6.32. The second-order valence-corrected chi connectivity index (χ2v) is 8.84. The molecule has 0 atom stereocenters. The van der Waals surface area contributed by atoms with Crippen molar-refractivity contribution in [1.29, 1.82) is 0 Å². The molecule has 0 unspecified atom stereocenters. The normalized spacial score (nSPS) is 15.4. The Kier molecular flexibility index (Phi) is 5.89. The Hall–Kier alpha value is -1.94. The van der Waals surface area contributed by atoms with Gasteiger partial charge in [0.2, 0.25) is 0 Å². The monoisotopic (exact) mass is 544 g/mol. The van der Waals surface area contributed by atoms with E-state index in [1.54, 1.807) is 29.2 Å². The number of likely N-dealkylation sites (tertiary alicyclic amines) is 1. The van der Waals surface area contributed by atoms with Crippen molar-refractivity contribution < 1.29 is 18.0 Å². The maximum Gasteiger partial charge on any atom is 0.433 e. The van der Waals surface area contributed by atoms with Crippen molar-refractivity contribution in [3.05, 3.63) is 50.7 Å². The first-order chi connectivity index (χ1) is 14.3. The number of amides is 1. The van der Waals surface area contributed by atoms with Crippen LogP contribution in [0.3, 0.4) is 0 Å². The highest BCUT2D eigenvalue weighted by atomic mass is 79.9. The van der Waals surface area contributed by atoms with E-state index in [9.17, 15) is 18.0 Å². The fourth-order valence-corrected chi connectivity index (χ4v) is 4.29. The van der Waals surface area contributed by atoms with Gasteiger partial charge in [-0.1, -0.05) is 40.9 Å². The summed E-state index contributed by atoms with van der Waals surface area (Å²) in [6.07, 6.45) is -0.856. The number of hydrogen-bond donors (Lipinski definition) is 0. The molecule has 158 valence electrons. The van der Waals surface area contributed by atoms with Crippen LogP contribution in [0.2, 0.25) is 0 Å². The van der Waals surface area contributed by atoms with E-state index in [1.165, 1.54) is 0 Å². The van der Waals surface area contributed by atoms with Gasteiger partial charge in [-0.15, -0.1) is 0 Å². The van der Waals surface area contributed by atoms with E-state index in [-0.39, 0.29) is 27.4 Å². The van der Waals surface area contributed by atoms with Crippen LogP contribution in [0, 0.1) is 0 Å². The van der Waals surface area contributed by atoms with Crippen molar-refractivity contribution in [2.45, 2.75) is 31.9 Å². The molecule has 1 amide bonds. The summed E-state index contributed by atoms with van der Waals surface area (Å²) in [5, 5.41) is 4.02. The Balaban J connectivity index is 1.86. The standard InChI is InChI=1S/C20H17Br2F3N4O/c21-13-7-5-12(6-8-13)14-11-15(20(23,24)25)29-18(26-14)16(22)17(27-29)19(30)28-9-3-1-2-4-10-28/h5-8,11H,1-4,9-10H2. The topological polar surface area (TPSA) is 50.5 Å². The summed E-state index contributed by atoms with van der Waals surface area (Å²) < 4.78 is 43.1. The molecule has 2 aromatic heterocycles. The van der Waals surface area contributed by atoms with Crippen LogP contribution in [0.1, 0.15) is 41.9 Å². The highest BCUT2D eigenvalue weighted by Crippen LogP contribution is 2.35. The molecule has 0 radical (unpaired) electrons. The van der Waals surface area contributed by atoms with Crippen molar-refractivity contribution in [2.24, 2.45) is 0 Å². The van der Waals surface area contributed by atoms with E-state index in [1.807, 2.05) is 0 Å². The number of carbonyl (C=O) groups excluding carboxylic acids is 1. The number of nitrogens with zero attached hydrogens (tertiary/aromatic N) is 4. The highest BCUT2D eigenvalue weighted by Gasteiger charge is 2.37. The zero-order valence-corrected chi connectivity index (χ0v) is 18.9. The maximum atomic E-state index is 13.8. The zero-order valence-electron chi connectivity index (χ0n) is 15.7. The van der Waals surface area contributed by atoms with Crippen LogP contribution < -0.4 is 0 Å². The molecule has 0 N–H and O–H groups in total. The third kappa shape index (κ3) is 4.12. The van der Waals surface area contributed by atoms with Gasteiger partial charge < -0.3 is 4.90 Å². The molecular formula is C20H17Br2F3N4O. The van der Waals surface area contributed by atoms with Crippen molar-refractivity contribution in [1.82, 2.24) is 19.5 Å². The molecule has 3 heterocycles. The van der Waals surface area contributed by atoms with Gasteiger partial charge >= 0.3 is 6.18 Å².